The summed E-state index contributed by atoms with van der Waals surface area (Å²) in [6.45, 7) is 4.23. The molecule has 0 bridgehead atoms. The molecule has 0 radical (unpaired) electrons. The predicted molar refractivity (Wildman–Crippen MR) is 41.6 cm³/mol. The highest BCUT2D eigenvalue weighted by Crippen LogP contribution is 2.19. The highest BCUT2D eigenvalue weighted by molar-refractivity contribution is 5.12. The normalized spacial score (nSPS) is 29.0. The molecule has 56 valence electrons. The summed E-state index contributed by atoms with van der Waals surface area (Å²) in [7, 11) is 0. The van der Waals surface area contributed by atoms with Crippen LogP contribution in [0.1, 0.15) is 33.1 Å². The summed E-state index contributed by atoms with van der Waals surface area (Å²) in [5.41, 5.74) is 0. The predicted octanol–water partition coefficient (Wildman–Crippen LogP) is 1.97. The molecule has 0 saturated carbocycles. The van der Waals surface area contributed by atoms with Crippen molar-refractivity contribution in [1.29, 1.82) is 0 Å². The molecule has 0 unspecified atom stereocenters. The van der Waals surface area contributed by atoms with Crippen molar-refractivity contribution < 1.29 is 4.74 Å². The molecule has 0 N–H and O–H groups in total. The van der Waals surface area contributed by atoms with Crippen LogP contribution in [0.25, 0.3) is 0 Å². The Kier molecular flexibility index (Phi) is 2.77. The van der Waals surface area contributed by atoms with Crippen LogP contribution in [0.15, 0.2) is 0 Å². The summed E-state index contributed by atoms with van der Waals surface area (Å²) in [6, 6.07) is 0. The Bertz CT molecular complexity index is 152. The SMILES string of the molecule is CCCCC#C[C@H]1O[C@H]1C. The lowest BCUT2D eigenvalue weighted by Crippen LogP contribution is -1.81. The number of hydrogen-bond donors (Lipinski definition) is 0. The van der Waals surface area contributed by atoms with E-state index in [1.54, 1.807) is 0 Å². The van der Waals surface area contributed by atoms with Crippen LogP contribution in [-0.2, 0) is 4.74 Å². The van der Waals surface area contributed by atoms with E-state index >= 15 is 0 Å². The van der Waals surface area contributed by atoms with Crippen LogP contribution in [0.5, 0.6) is 0 Å². The Hall–Kier alpha value is -0.480. The third-order valence-corrected chi connectivity index (χ3v) is 1.61. The molecule has 1 nitrogen and oxygen atoms in total. The van der Waals surface area contributed by atoms with E-state index in [4.69, 9.17) is 4.74 Å². The second-order valence-electron chi connectivity index (χ2n) is 2.69. The van der Waals surface area contributed by atoms with E-state index in [1.807, 2.05) is 0 Å². The van der Waals surface area contributed by atoms with Crippen LogP contribution in [0, 0.1) is 11.8 Å². The van der Waals surface area contributed by atoms with Crippen molar-refractivity contribution in [2.24, 2.45) is 0 Å². The molecule has 0 aromatic carbocycles. The van der Waals surface area contributed by atoms with Crippen molar-refractivity contribution in [3.05, 3.63) is 0 Å². The molecule has 2 atom stereocenters. The lowest BCUT2D eigenvalue weighted by atomic mass is 10.2. The van der Waals surface area contributed by atoms with Crippen LogP contribution in [0.2, 0.25) is 0 Å². The molecule has 1 aliphatic rings. The maximum Gasteiger partial charge on any atom is 0.144 e. The van der Waals surface area contributed by atoms with Crippen molar-refractivity contribution in [2.75, 3.05) is 0 Å². The van der Waals surface area contributed by atoms with E-state index < -0.39 is 0 Å². The van der Waals surface area contributed by atoms with Crippen molar-refractivity contribution in [3.63, 3.8) is 0 Å². The molecule has 0 amide bonds. The standard InChI is InChI=1S/C9H14O/c1-3-4-5-6-7-9-8(2)10-9/h8-9H,3-5H2,1-2H3/t8-,9+/m0/s1. The largest absolute Gasteiger partial charge is 0.356 e. The minimum atomic E-state index is 0.261. The van der Waals surface area contributed by atoms with E-state index in [-0.39, 0.29) is 6.10 Å². The Labute approximate surface area is 62.8 Å². The Morgan fingerprint density at radius 2 is 2.20 bits per heavy atom. The minimum absolute atomic E-state index is 0.261. The van der Waals surface area contributed by atoms with Crippen LogP contribution < -0.4 is 0 Å². The van der Waals surface area contributed by atoms with Crippen molar-refractivity contribution in [1.82, 2.24) is 0 Å². The summed E-state index contributed by atoms with van der Waals surface area (Å²) in [5.74, 6) is 6.17. The first kappa shape index (κ1) is 7.63. The molecule has 0 aromatic rings. The number of hydrogen-bond acceptors (Lipinski definition) is 1. The Morgan fingerprint density at radius 3 is 2.70 bits per heavy atom. The number of epoxide rings is 1. The second-order valence-corrected chi connectivity index (χ2v) is 2.69. The van der Waals surface area contributed by atoms with Gasteiger partial charge in [-0.25, -0.2) is 0 Å². The first-order valence-corrected chi connectivity index (χ1v) is 3.98. The third-order valence-electron chi connectivity index (χ3n) is 1.61. The number of rotatable bonds is 2. The van der Waals surface area contributed by atoms with E-state index in [0.29, 0.717) is 6.10 Å². The highest BCUT2D eigenvalue weighted by Gasteiger charge is 2.31. The summed E-state index contributed by atoms with van der Waals surface area (Å²) >= 11 is 0. The maximum absolute atomic E-state index is 5.12. The fourth-order valence-corrected chi connectivity index (χ4v) is 0.775. The molecule has 0 aromatic heterocycles. The van der Waals surface area contributed by atoms with Crippen LogP contribution in [0.3, 0.4) is 0 Å². The van der Waals surface area contributed by atoms with Gasteiger partial charge in [-0.2, -0.15) is 0 Å². The zero-order valence-electron chi connectivity index (χ0n) is 6.68. The monoisotopic (exact) mass is 138 g/mol. The molecular formula is C9H14O. The Balaban J connectivity index is 2.03. The minimum Gasteiger partial charge on any atom is -0.356 e. The quantitative estimate of drug-likeness (QED) is 0.323. The lowest BCUT2D eigenvalue weighted by Gasteiger charge is -1.82. The molecule has 1 heteroatoms. The van der Waals surface area contributed by atoms with Crippen molar-refractivity contribution >= 4 is 0 Å². The van der Waals surface area contributed by atoms with Gasteiger partial charge in [0.05, 0.1) is 6.10 Å². The van der Waals surface area contributed by atoms with E-state index in [9.17, 15) is 0 Å². The molecule has 0 spiro atoms. The van der Waals surface area contributed by atoms with Gasteiger partial charge < -0.3 is 4.74 Å². The number of ether oxygens (including phenoxy) is 1. The molecule has 10 heavy (non-hydrogen) atoms. The summed E-state index contributed by atoms with van der Waals surface area (Å²) in [5, 5.41) is 0. The second kappa shape index (κ2) is 3.63. The highest BCUT2D eigenvalue weighted by atomic mass is 16.6. The van der Waals surface area contributed by atoms with Gasteiger partial charge in [0.25, 0.3) is 0 Å². The van der Waals surface area contributed by atoms with Gasteiger partial charge in [-0.05, 0) is 13.3 Å². The first-order chi connectivity index (χ1) is 4.84. The molecule has 1 rings (SSSR count). The maximum atomic E-state index is 5.12. The van der Waals surface area contributed by atoms with Gasteiger partial charge >= 0.3 is 0 Å². The van der Waals surface area contributed by atoms with Gasteiger partial charge in [0.2, 0.25) is 0 Å². The topological polar surface area (TPSA) is 12.5 Å². The van der Waals surface area contributed by atoms with Crippen LogP contribution in [-0.4, -0.2) is 12.2 Å². The van der Waals surface area contributed by atoms with Gasteiger partial charge in [-0.1, -0.05) is 19.3 Å². The first-order valence-electron chi connectivity index (χ1n) is 3.98. The number of unbranched alkanes of at least 4 members (excludes halogenated alkanes) is 2. The third kappa shape index (κ3) is 2.41. The lowest BCUT2D eigenvalue weighted by molar-refractivity contribution is 0.403. The fraction of sp³-hybridized carbons (Fsp3) is 0.778. The van der Waals surface area contributed by atoms with Gasteiger partial charge in [-0.3, -0.25) is 0 Å². The van der Waals surface area contributed by atoms with E-state index in [1.165, 1.54) is 12.8 Å². The zero-order chi connectivity index (χ0) is 7.40. The van der Waals surface area contributed by atoms with E-state index in [0.717, 1.165) is 6.42 Å². The van der Waals surface area contributed by atoms with Gasteiger partial charge in [0, 0.05) is 6.42 Å². The average molecular weight is 138 g/mol. The zero-order valence-corrected chi connectivity index (χ0v) is 6.68. The molecule has 1 aliphatic heterocycles. The molecule has 0 aliphatic carbocycles. The summed E-state index contributed by atoms with van der Waals surface area (Å²) in [4.78, 5) is 0. The summed E-state index contributed by atoms with van der Waals surface area (Å²) in [6.07, 6.45) is 4.14. The Morgan fingerprint density at radius 1 is 1.50 bits per heavy atom. The smallest absolute Gasteiger partial charge is 0.144 e. The van der Waals surface area contributed by atoms with Crippen molar-refractivity contribution in [3.8, 4) is 11.8 Å². The van der Waals surface area contributed by atoms with Gasteiger partial charge in [0.15, 0.2) is 0 Å². The molecule has 1 heterocycles. The van der Waals surface area contributed by atoms with Crippen molar-refractivity contribution in [2.45, 2.75) is 45.3 Å². The average Bonchev–Trinajstić information content (AvgIpc) is 2.60. The molecule has 1 saturated heterocycles. The van der Waals surface area contributed by atoms with Gasteiger partial charge in [0.1, 0.15) is 6.10 Å². The summed E-state index contributed by atoms with van der Waals surface area (Å²) < 4.78 is 5.12. The van der Waals surface area contributed by atoms with Crippen LogP contribution >= 0.6 is 0 Å². The molecule has 1 fully saturated rings. The molecular weight excluding hydrogens is 124 g/mol. The fourth-order valence-electron chi connectivity index (χ4n) is 0.775. The van der Waals surface area contributed by atoms with E-state index in [2.05, 4.69) is 25.7 Å². The van der Waals surface area contributed by atoms with Gasteiger partial charge in [-0.15, -0.1) is 5.92 Å². The van der Waals surface area contributed by atoms with Crippen LogP contribution in [0.4, 0.5) is 0 Å².